The minimum Gasteiger partial charge on any atom is -0.383 e. The van der Waals surface area contributed by atoms with Crippen LogP contribution in [0.4, 0.5) is 0 Å². The molecule has 3 fully saturated rings. The van der Waals surface area contributed by atoms with E-state index < -0.39 is 0 Å². The molecule has 3 heterocycles. The van der Waals surface area contributed by atoms with Crippen LogP contribution in [0.2, 0.25) is 0 Å². The lowest BCUT2D eigenvalue weighted by atomic mass is 10.1. The lowest BCUT2D eigenvalue weighted by molar-refractivity contribution is 0.193. The van der Waals surface area contributed by atoms with Crippen LogP contribution in [0.25, 0.3) is 0 Å². The van der Waals surface area contributed by atoms with Gasteiger partial charge in [0.2, 0.25) is 0 Å². The average molecular weight is 597 g/mol. The van der Waals surface area contributed by atoms with Gasteiger partial charge >= 0.3 is 0 Å². The maximum Gasteiger partial charge on any atom is 0.125 e. The molecule has 0 spiro atoms. The van der Waals surface area contributed by atoms with E-state index in [-0.39, 0.29) is 6.04 Å². The summed E-state index contributed by atoms with van der Waals surface area (Å²) >= 11 is 0. The predicted octanol–water partition coefficient (Wildman–Crippen LogP) is 1.86. The molecule has 9 N–H and O–H groups in total. The van der Waals surface area contributed by atoms with Gasteiger partial charge < -0.3 is 27.4 Å². The fraction of sp³-hybridized carbons (Fsp3) is 0.382. The quantitative estimate of drug-likeness (QED) is 0.188. The van der Waals surface area contributed by atoms with Crippen LogP contribution in [-0.2, 0) is 0 Å². The molecule has 0 aliphatic carbocycles. The zero-order chi connectivity index (χ0) is 31.5. The van der Waals surface area contributed by atoms with Crippen molar-refractivity contribution in [3.63, 3.8) is 0 Å². The number of likely N-dealkylation sites (tertiary alicyclic amines) is 1. The van der Waals surface area contributed by atoms with Crippen LogP contribution in [0.1, 0.15) is 33.4 Å². The van der Waals surface area contributed by atoms with Crippen LogP contribution in [0.5, 0.6) is 0 Å². The van der Waals surface area contributed by atoms with Crippen molar-refractivity contribution in [3.05, 3.63) is 106 Å². The fourth-order valence-corrected chi connectivity index (χ4v) is 4.64. The van der Waals surface area contributed by atoms with Crippen molar-refractivity contribution in [2.24, 2.45) is 32.2 Å². The summed E-state index contributed by atoms with van der Waals surface area (Å²) in [5.41, 5.74) is 30.5. The summed E-state index contributed by atoms with van der Waals surface area (Å²) < 4.78 is 0. The van der Waals surface area contributed by atoms with Gasteiger partial charge in [-0.2, -0.15) is 0 Å². The highest BCUT2D eigenvalue weighted by molar-refractivity contribution is 5.98. The number of amidine groups is 3. The summed E-state index contributed by atoms with van der Waals surface area (Å²) in [6.45, 7) is 11.8. The summed E-state index contributed by atoms with van der Waals surface area (Å²) in [6.07, 6.45) is 0. The Hall–Kier alpha value is -4.09. The van der Waals surface area contributed by atoms with Gasteiger partial charge in [0.1, 0.15) is 17.5 Å². The Morgan fingerprint density at radius 2 is 0.864 bits per heavy atom. The second kappa shape index (κ2) is 16.1. The normalized spacial score (nSPS) is 18.4. The molecule has 0 bridgehead atoms. The van der Waals surface area contributed by atoms with Crippen molar-refractivity contribution in [3.8, 4) is 0 Å². The largest absolute Gasteiger partial charge is 0.383 e. The van der Waals surface area contributed by atoms with Gasteiger partial charge in [0, 0.05) is 56.0 Å². The highest BCUT2D eigenvalue weighted by Crippen LogP contribution is 2.10. The highest BCUT2D eigenvalue weighted by atomic mass is 15.4. The molecule has 3 saturated heterocycles. The lowest BCUT2D eigenvalue weighted by Gasteiger charge is -2.33. The van der Waals surface area contributed by atoms with E-state index in [2.05, 4.69) is 88.1 Å². The van der Waals surface area contributed by atoms with Gasteiger partial charge in [0.15, 0.2) is 0 Å². The van der Waals surface area contributed by atoms with Crippen LogP contribution in [0, 0.1) is 20.8 Å². The van der Waals surface area contributed by atoms with E-state index in [1.165, 1.54) is 16.7 Å². The number of hydrazine groups is 1. The van der Waals surface area contributed by atoms with Crippen LogP contribution in [-0.4, -0.2) is 86.8 Å². The van der Waals surface area contributed by atoms with Crippen molar-refractivity contribution in [2.45, 2.75) is 38.9 Å². The maximum atomic E-state index is 5.93. The smallest absolute Gasteiger partial charge is 0.125 e. The van der Waals surface area contributed by atoms with Crippen LogP contribution in [0.3, 0.4) is 0 Å². The molecule has 0 unspecified atom stereocenters. The SMILES string of the molecule is Cc1ccc(C(N)=NC2CN(C)C2)cc1.Cc1ccc(C(N)=NC2CNC2)cc1.Cc1ccc(C(N)=NC2CNNC2)cc1. The summed E-state index contributed by atoms with van der Waals surface area (Å²) in [7, 11) is 2.09. The minimum atomic E-state index is 0.242. The van der Waals surface area contributed by atoms with Crippen molar-refractivity contribution in [1.29, 1.82) is 0 Å². The summed E-state index contributed by atoms with van der Waals surface area (Å²) in [5, 5.41) is 3.16. The maximum absolute atomic E-state index is 5.93. The van der Waals surface area contributed by atoms with Gasteiger partial charge in [-0.3, -0.25) is 25.8 Å². The summed E-state index contributed by atoms with van der Waals surface area (Å²) in [4.78, 5) is 15.6. The number of aryl methyl sites for hydroxylation is 3. The van der Waals surface area contributed by atoms with Gasteiger partial charge in [-0.1, -0.05) is 89.5 Å². The molecule has 234 valence electrons. The first kappa shape index (κ1) is 32.8. The fourth-order valence-electron chi connectivity index (χ4n) is 4.64. The molecule has 10 nitrogen and oxygen atoms in total. The van der Waals surface area contributed by atoms with E-state index in [9.17, 15) is 0 Å². The Morgan fingerprint density at radius 1 is 0.545 bits per heavy atom. The first-order chi connectivity index (χ1) is 21.2. The first-order valence-corrected chi connectivity index (χ1v) is 15.2. The Kier molecular flexibility index (Phi) is 12.0. The molecule has 3 aromatic rings. The third-order valence-corrected chi connectivity index (χ3v) is 7.61. The number of aliphatic imine (C=N–C) groups is 3. The number of nitrogens with zero attached hydrogens (tertiary/aromatic N) is 4. The average Bonchev–Trinajstić information content (AvgIpc) is 3.49. The third kappa shape index (κ3) is 10.3. The zero-order valence-electron chi connectivity index (χ0n) is 26.4. The van der Waals surface area contributed by atoms with E-state index in [0.717, 1.165) is 56.0 Å². The molecule has 6 rings (SSSR count). The Bertz CT molecular complexity index is 1400. The molecule has 0 saturated carbocycles. The van der Waals surface area contributed by atoms with Gasteiger partial charge in [-0.05, 0) is 27.8 Å². The zero-order valence-corrected chi connectivity index (χ0v) is 26.4. The number of hydrogen-bond acceptors (Lipinski definition) is 7. The molecule has 10 heteroatoms. The van der Waals surface area contributed by atoms with Crippen molar-refractivity contribution in [1.82, 2.24) is 21.1 Å². The van der Waals surface area contributed by atoms with Crippen LogP contribution >= 0.6 is 0 Å². The molecule has 3 aliphatic rings. The monoisotopic (exact) mass is 596 g/mol. The second-order valence-electron chi connectivity index (χ2n) is 11.7. The third-order valence-electron chi connectivity index (χ3n) is 7.61. The second-order valence-corrected chi connectivity index (χ2v) is 11.7. The van der Waals surface area contributed by atoms with Gasteiger partial charge in [-0.25, -0.2) is 0 Å². The Labute approximate surface area is 261 Å². The molecule has 0 radical (unpaired) electrons. The van der Waals surface area contributed by atoms with Crippen molar-refractivity contribution >= 4 is 17.5 Å². The lowest BCUT2D eigenvalue weighted by Crippen LogP contribution is -2.47. The molecule has 0 atom stereocenters. The summed E-state index contributed by atoms with van der Waals surface area (Å²) in [6, 6.07) is 25.4. The van der Waals surface area contributed by atoms with E-state index in [0.29, 0.717) is 29.6 Å². The topological polar surface area (TPSA) is 154 Å². The van der Waals surface area contributed by atoms with Gasteiger partial charge in [0.05, 0.1) is 18.1 Å². The first-order valence-electron chi connectivity index (χ1n) is 15.2. The number of benzene rings is 3. The predicted molar refractivity (Wildman–Crippen MR) is 183 cm³/mol. The number of likely N-dealkylation sites (N-methyl/N-ethyl adjacent to an activating group) is 1. The van der Waals surface area contributed by atoms with Crippen molar-refractivity contribution < 1.29 is 0 Å². The van der Waals surface area contributed by atoms with E-state index in [4.69, 9.17) is 17.2 Å². The van der Waals surface area contributed by atoms with Crippen LogP contribution in [0.15, 0.2) is 87.8 Å². The van der Waals surface area contributed by atoms with Crippen LogP contribution < -0.4 is 33.4 Å². The molecular weight excluding hydrogens is 548 g/mol. The molecule has 3 aromatic carbocycles. The molecule has 44 heavy (non-hydrogen) atoms. The Morgan fingerprint density at radius 3 is 1.16 bits per heavy atom. The molecular formula is C34H48N10. The molecule has 0 aromatic heterocycles. The van der Waals surface area contributed by atoms with Gasteiger partial charge in [-0.15, -0.1) is 0 Å². The number of nitrogens with two attached hydrogens (primary N) is 3. The minimum absolute atomic E-state index is 0.242. The summed E-state index contributed by atoms with van der Waals surface area (Å²) in [5.74, 6) is 1.93. The van der Waals surface area contributed by atoms with E-state index in [1.807, 2.05) is 48.5 Å². The van der Waals surface area contributed by atoms with Crippen molar-refractivity contribution in [2.75, 3.05) is 46.3 Å². The molecule has 0 amide bonds. The van der Waals surface area contributed by atoms with E-state index in [1.54, 1.807) is 0 Å². The highest BCUT2D eigenvalue weighted by Gasteiger charge is 2.22. The van der Waals surface area contributed by atoms with E-state index >= 15 is 0 Å². The standard InChI is InChI=1S/C12H17N3.C11H16N4.C11H15N3/c1-9-3-5-10(6-4-9)12(13)14-11-7-15(2)8-11;1-8-2-4-9(5-3-8)11(12)15-10-6-13-14-7-10;1-8-2-4-9(5-3-8)11(12)14-10-6-13-7-10/h3-6,11H,7-8H2,1-2H3,(H2,13,14);2-5,10,13-14H,6-7H2,1H3,(H2,12,15);2-5,10,13H,6-7H2,1H3,(H2,12,14). The number of rotatable bonds is 6. The molecule has 3 aliphatic heterocycles. The number of nitrogens with one attached hydrogen (secondary N) is 3. The van der Waals surface area contributed by atoms with Gasteiger partial charge in [0.25, 0.3) is 0 Å². The number of hydrogen-bond donors (Lipinski definition) is 6. The Balaban J connectivity index is 0.000000151.